The van der Waals surface area contributed by atoms with Gasteiger partial charge >= 0.3 is 0 Å². The summed E-state index contributed by atoms with van der Waals surface area (Å²) in [5.41, 5.74) is 5.43. The van der Waals surface area contributed by atoms with Crippen LogP contribution in [0.5, 0.6) is 0 Å². The summed E-state index contributed by atoms with van der Waals surface area (Å²) in [6, 6.07) is 0.0665. The minimum Gasteiger partial charge on any atom is -0.393 e. The van der Waals surface area contributed by atoms with Crippen LogP contribution in [0.1, 0.15) is 20.3 Å². The number of anilines is 2. The van der Waals surface area contributed by atoms with Crippen LogP contribution >= 0.6 is 11.6 Å². The SMILES string of the molecule is CC(O)CC(C)Nc1nc(N)ncc1Cl. The summed E-state index contributed by atoms with van der Waals surface area (Å²) < 4.78 is 0. The summed E-state index contributed by atoms with van der Waals surface area (Å²) in [5, 5.41) is 12.7. The lowest BCUT2D eigenvalue weighted by Crippen LogP contribution is -2.21. The maximum Gasteiger partial charge on any atom is 0.222 e. The maximum atomic E-state index is 9.19. The first-order valence-corrected chi connectivity index (χ1v) is 5.09. The molecule has 4 N–H and O–H groups in total. The highest BCUT2D eigenvalue weighted by Gasteiger charge is 2.09. The Morgan fingerprint density at radius 2 is 2.27 bits per heavy atom. The molecule has 0 amide bonds. The van der Waals surface area contributed by atoms with E-state index in [1.165, 1.54) is 6.20 Å². The van der Waals surface area contributed by atoms with Crippen molar-refractivity contribution in [1.82, 2.24) is 9.97 Å². The molecule has 15 heavy (non-hydrogen) atoms. The first kappa shape index (κ1) is 12.0. The highest BCUT2D eigenvalue weighted by molar-refractivity contribution is 6.32. The molecule has 0 fully saturated rings. The van der Waals surface area contributed by atoms with Crippen LogP contribution in [-0.2, 0) is 0 Å². The zero-order chi connectivity index (χ0) is 11.4. The zero-order valence-corrected chi connectivity index (χ0v) is 9.49. The molecule has 0 aliphatic rings. The number of nitrogens with one attached hydrogen (secondary N) is 1. The Bertz CT molecular complexity index is 332. The summed E-state index contributed by atoms with van der Waals surface area (Å²) in [6.07, 6.45) is 1.69. The monoisotopic (exact) mass is 230 g/mol. The molecule has 0 spiro atoms. The van der Waals surface area contributed by atoms with E-state index in [0.717, 1.165) is 0 Å². The number of nitrogen functional groups attached to an aromatic ring is 1. The van der Waals surface area contributed by atoms with Crippen LogP contribution in [0.4, 0.5) is 11.8 Å². The Morgan fingerprint density at radius 3 is 2.87 bits per heavy atom. The molecule has 6 heteroatoms. The van der Waals surface area contributed by atoms with E-state index in [-0.39, 0.29) is 18.1 Å². The molecule has 5 nitrogen and oxygen atoms in total. The second-order valence-electron chi connectivity index (χ2n) is 3.55. The molecule has 0 aliphatic carbocycles. The largest absolute Gasteiger partial charge is 0.393 e. The predicted octanol–water partition coefficient (Wildman–Crippen LogP) is 1.28. The lowest BCUT2D eigenvalue weighted by molar-refractivity contribution is 0.179. The van der Waals surface area contributed by atoms with Crippen LogP contribution in [0.15, 0.2) is 6.20 Å². The average molecular weight is 231 g/mol. The van der Waals surface area contributed by atoms with Crippen LogP contribution in [0.3, 0.4) is 0 Å². The molecule has 0 saturated heterocycles. The molecule has 84 valence electrons. The van der Waals surface area contributed by atoms with E-state index in [1.807, 2.05) is 6.92 Å². The summed E-state index contributed by atoms with van der Waals surface area (Å²) in [6.45, 7) is 3.66. The van der Waals surface area contributed by atoms with Gasteiger partial charge in [0.05, 0.1) is 12.3 Å². The van der Waals surface area contributed by atoms with Gasteiger partial charge in [-0.3, -0.25) is 0 Å². The molecular weight excluding hydrogens is 216 g/mol. The lowest BCUT2D eigenvalue weighted by Gasteiger charge is -2.16. The minimum atomic E-state index is -0.370. The minimum absolute atomic E-state index is 0.0665. The van der Waals surface area contributed by atoms with Crippen molar-refractivity contribution in [3.05, 3.63) is 11.2 Å². The second kappa shape index (κ2) is 5.14. The van der Waals surface area contributed by atoms with Crippen molar-refractivity contribution in [3.8, 4) is 0 Å². The molecule has 0 saturated carbocycles. The molecule has 0 aromatic carbocycles. The first-order chi connectivity index (χ1) is 6.99. The number of hydrogen-bond donors (Lipinski definition) is 3. The van der Waals surface area contributed by atoms with E-state index in [1.54, 1.807) is 6.92 Å². The number of aliphatic hydroxyl groups is 1. The summed E-state index contributed by atoms with van der Waals surface area (Å²) >= 11 is 5.87. The Hall–Kier alpha value is -1.07. The highest BCUT2D eigenvalue weighted by atomic mass is 35.5. The molecule has 0 radical (unpaired) electrons. The third kappa shape index (κ3) is 3.89. The number of aliphatic hydroxyl groups excluding tert-OH is 1. The Morgan fingerprint density at radius 1 is 1.60 bits per heavy atom. The fraction of sp³-hybridized carbons (Fsp3) is 0.556. The molecule has 2 atom stereocenters. The van der Waals surface area contributed by atoms with Crippen LogP contribution in [0, 0.1) is 0 Å². The van der Waals surface area contributed by atoms with E-state index in [2.05, 4.69) is 15.3 Å². The van der Waals surface area contributed by atoms with Crippen LogP contribution in [0.25, 0.3) is 0 Å². The van der Waals surface area contributed by atoms with Crippen LogP contribution in [-0.4, -0.2) is 27.2 Å². The van der Waals surface area contributed by atoms with Crippen molar-refractivity contribution in [2.24, 2.45) is 0 Å². The summed E-state index contributed by atoms with van der Waals surface area (Å²) in [5.74, 6) is 0.670. The second-order valence-corrected chi connectivity index (χ2v) is 3.96. The molecular formula is C9H15ClN4O. The number of nitrogens with zero attached hydrogens (tertiary/aromatic N) is 2. The van der Waals surface area contributed by atoms with E-state index >= 15 is 0 Å². The third-order valence-corrected chi connectivity index (χ3v) is 2.12. The van der Waals surface area contributed by atoms with Crippen molar-refractivity contribution >= 4 is 23.4 Å². The van der Waals surface area contributed by atoms with E-state index in [4.69, 9.17) is 17.3 Å². The predicted molar refractivity (Wildman–Crippen MR) is 60.8 cm³/mol. The van der Waals surface area contributed by atoms with Crippen molar-refractivity contribution in [1.29, 1.82) is 0 Å². The fourth-order valence-corrected chi connectivity index (χ4v) is 1.43. The van der Waals surface area contributed by atoms with Gasteiger partial charge in [0.2, 0.25) is 5.95 Å². The van der Waals surface area contributed by atoms with Gasteiger partial charge in [0.15, 0.2) is 5.82 Å². The molecule has 2 unspecified atom stereocenters. The van der Waals surface area contributed by atoms with Gasteiger partial charge in [0.1, 0.15) is 5.02 Å². The van der Waals surface area contributed by atoms with Crippen LogP contribution in [0.2, 0.25) is 5.02 Å². The van der Waals surface area contributed by atoms with E-state index < -0.39 is 0 Å². The van der Waals surface area contributed by atoms with Crippen molar-refractivity contribution < 1.29 is 5.11 Å². The highest BCUT2D eigenvalue weighted by Crippen LogP contribution is 2.19. The zero-order valence-electron chi connectivity index (χ0n) is 8.74. The maximum absolute atomic E-state index is 9.19. The van der Waals surface area contributed by atoms with Gasteiger partial charge in [-0.15, -0.1) is 0 Å². The van der Waals surface area contributed by atoms with Crippen molar-refractivity contribution in [2.75, 3.05) is 11.1 Å². The Kier molecular flexibility index (Phi) is 4.11. The number of halogens is 1. The quantitative estimate of drug-likeness (QED) is 0.726. The number of rotatable bonds is 4. The average Bonchev–Trinajstić information content (AvgIpc) is 2.10. The normalized spacial score (nSPS) is 14.7. The molecule has 0 aliphatic heterocycles. The first-order valence-electron chi connectivity index (χ1n) is 4.71. The topological polar surface area (TPSA) is 84.1 Å². The smallest absolute Gasteiger partial charge is 0.222 e. The number of hydrogen-bond acceptors (Lipinski definition) is 5. The van der Waals surface area contributed by atoms with Gasteiger partial charge in [-0.25, -0.2) is 4.98 Å². The van der Waals surface area contributed by atoms with Crippen molar-refractivity contribution in [2.45, 2.75) is 32.4 Å². The molecule has 1 aromatic rings. The third-order valence-electron chi connectivity index (χ3n) is 1.84. The Balaban J connectivity index is 2.67. The molecule has 1 heterocycles. The summed E-state index contributed by atoms with van der Waals surface area (Å²) in [7, 11) is 0. The van der Waals surface area contributed by atoms with Gasteiger partial charge in [-0.2, -0.15) is 4.98 Å². The van der Waals surface area contributed by atoms with E-state index in [9.17, 15) is 5.11 Å². The molecule has 1 aromatic heterocycles. The lowest BCUT2D eigenvalue weighted by atomic mass is 10.1. The number of nitrogens with two attached hydrogens (primary N) is 1. The molecule has 1 rings (SSSR count). The van der Waals surface area contributed by atoms with Gasteiger partial charge in [-0.1, -0.05) is 11.6 Å². The van der Waals surface area contributed by atoms with Crippen molar-refractivity contribution in [3.63, 3.8) is 0 Å². The van der Waals surface area contributed by atoms with Gasteiger partial charge in [0, 0.05) is 6.04 Å². The molecule has 0 bridgehead atoms. The standard InChI is InChI=1S/C9H15ClN4O/c1-5(3-6(2)15)13-8-7(10)4-12-9(11)14-8/h4-6,15H,3H2,1-2H3,(H3,11,12,13,14). The summed E-state index contributed by atoms with van der Waals surface area (Å²) in [4.78, 5) is 7.71. The Labute approximate surface area is 93.7 Å². The van der Waals surface area contributed by atoms with Gasteiger partial charge in [-0.05, 0) is 20.3 Å². The van der Waals surface area contributed by atoms with Gasteiger partial charge in [0.25, 0.3) is 0 Å². The van der Waals surface area contributed by atoms with Crippen LogP contribution < -0.4 is 11.1 Å². The van der Waals surface area contributed by atoms with E-state index in [0.29, 0.717) is 17.3 Å². The van der Waals surface area contributed by atoms with Gasteiger partial charge < -0.3 is 16.2 Å². The fourth-order valence-electron chi connectivity index (χ4n) is 1.29. The number of aromatic nitrogens is 2.